The number of hydrogen-bond acceptors (Lipinski definition) is 0. The summed E-state index contributed by atoms with van der Waals surface area (Å²) in [6.07, 6.45) is 0. The number of benzene rings is 3. The smallest absolute Gasteiger partial charge is 0.0178 e. The molecule has 0 amide bonds. The Morgan fingerprint density at radius 2 is 0.688 bits per heavy atom. The average Bonchev–Trinajstić information content (AvgIpc) is 2.26. The molecule has 0 aliphatic heterocycles. The van der Waals surface area contributed by atoms with Crippen molar-refractivity contribution in [2.24, 2.45) is 0 Å². The van der Waals surface area contributed by atoms with Gasteiger partial charge in [0.1, 0.15) is 0 Å². The van der Waals surface area contributed by atoms with Crippen LogP contribution in [0.2, 0.25) is 0 Å². The Labute approximate surface area is 119 Å². The zero-order valence-corrected chi connectivity index (χ0v) is 7.77. The van der Waals surface area contributed by atoms with Crippen LogP contribution < -0.4 is 0 Å². The van der Waals surface area contributed by atoms with Crippen molar-refractivity contribution in [3.63, 3.8) is 0 Å². The molecule has 2 heteroatoms. The Morgan fingerprint density at radius 3 is 0.938 bits per heavy atom. The van der Waals surface area contributed by atoms with Crippen molar-refractivity contribution in [3.05, 3.63) is 60.7 Å². The van der Waals surface area contributed by atoms with E-state index in [0.29, 0.717) is 0 Å². The summed E-state index contributed by atoms with van der Waals surface area (Å²) < 4.78 is 0. The molecule has 0 saturated carbocycles. The number of hydrogen-bond donors (Lipinski definition) is 0. The van der Waals surface area contributed by atoms with Crippen LogP contribution in [-0.4, -0.2) is 37.7 Å². The van der Waals surface area contributed by atoms with Gasteiger partial charge in [-0.25, -0.2) is 0 Å². The van der Waals surface area contributed by atoms with Crippen molar-refractivity contribution >= 4 is 59.3 Å². The van der Waals surface area contributed by atoms with Gasteiger partial charge in [0, 0.05) is 0 Å². The topological polar surface area (TPSA) is 0 Å². The van der Waals surface area contributed by atoms with Gasteiger partial charge in [-0.3, -0.25) is 0 Å². The van der Waals surface area contributed by atoms with Crippen LogP contribution in [0, 0.1) is 0 Å². The number of fused-ring (bicyclic) bond motifs is 2. The summed E-state index contributed by atoms with van der Waals surface area (Å²) in [7, 11) is 0. The van der Waals surface area contributed by atoms with Crippen LogP contribution in [0.15, 0.2) is 60.7 Å². The van der Waals surface area contributed by atoms with Crippen LogP contribution in [-0.2, 0) is 0 Å². The van der Waals surface area contributed by atoms with E-state index in [0.717, 1.165) is 0 Å². The molecule has 3 aromatic rings. The standard InChI is InChI=1S/C14H10.2Li.2H/c1-2-6-12-10-14-8-4-3-7-13(14)9-11(12)5-1;;;;/h1-10H;;;;. The van der Waals surface area contributed by atoms with Crippen LogP contribution in [0.5, 0.6) is 0 Å². The monoisotopic (exact) mass is 194 g/mol. The normalized spacial score (nSPS) is 9.50. The fourth-order valence-corrected chi connectivity index (χ4v) is 1.88. The molecule has 0 bridgehead atoms. The molecule has 0 spiro atoms. The molecule has 0 aliphatic carbocycles. The van der Waals surface area contributed by atoms with Crippen LogP contribution >= 0.6 is 0 Å². The Bertz CT molecular complexity index is 497. The fourth-order valence-electron chi connectivity index (χ4n) is 1.88. The Hall–Kier alpha value is -0.625. The van der Waals surface area contributed by atoms with Crippen molar-refractivity contribution in [1.29, 1.82) is 0 Å². The molecule has 16 heavy (non-hydrogen) atoms. The maximum Gasteiger partial charge on any atom is -0.0178 e. The molecule has 0 nitrogen and oxygen atoms in total. The molecule has 3 rings (SSSR count). The van der Waals surface area contributed by atoms with Gasteiger partial charge in [0.15, 0.2) is 0 Å². The van der Waals surface area contributed by atoms with Crippen LogP contribution in [0.3, 0.4) is 0 Å². The molecule has 0 aromatic heterocycles. The van der Waals surface area contributed by atoms with Gasteiger partial charge in [-0.2, -0.15) is 0 Å². The predicted molar refractivity (Wildman–Crippen MR) is 75.8 cm³/mol. The maximum absolute atomic E-state index is 2.24. The molecule has 0 radical (unpaired) electrons. The first-order chi connectivity index (χ1) is 6.93. The van der Waals surface area contributed by atoms with Crippen LogP contribution in [0.4, 0.5) is 0 Å². The summed E-state index contributed by atoms with van der Waals surface area (Å²) in [4.78, 5) is 0. The molecule has 0 heterocycles. The van der Waals surface area contributed by atoms with E-state index in [4.69, 9.17) is 0 Å². The van der Waals surface area contributed by atoms with Crippen molar-refractivity contribution in [1.82, 2.24) is 0 Å². The third-order valence-corrected chi connectivity index (χ3v) is 2.61. The summed E-state index contributed by atoms with van der Waals surface area (Å²) in [5, 5.41) is 5.25. The summed E-state index contributed by atoms with van der Waals surface area (Å²) in [6.45, 7) is 0. The predicted octanol–water partition coefficient (Wildman–Crippen LogP) is 2.70. The van der Waals surface area contributed by atoms with Gasteiger partial charge in [0.25, 0.3) is 0 Å². The first kappa shape index (κ1) is 13.4. The summed E-state index contributed by atoms with van der Waals surface area (Å²) >= 11 is 0. The summed E-state index contributed by atoms with van der Waals surface area (Å²) in [5.74, 6) is 0. The Kier molecular flexibility index (Phi) is 4.73. The summed E-state index contributed by atoms with van der Waals surface area (Å²) in [5.41, 5.74) is 0. The minimum atomic E-state index is 0. The molecular formula is C14H12Li2. The van der Waals surface area contributed by atoms with Gasteiger partial charge in [0.2, 0.25) is 0 Å². The van der Waals surface area contributed by atoms with Gasteiger partial charge < -0.3 is 0 Å². The second kappa shape index (κ2) is 5.63. The first-order valence-electron chi connectivity index (χ1n) is 4.81. The van der Waals surface area contributed by atoms with Crippen LogP contribution in [0.25, 0.3) is 21.5 Å². The van der Waals surface area contributed by atoms with Gasteiger partial charge >= 0.3 is 37.7 Å². The van der Waals surface area contributed by atoms with Crippen molar-refractivity contribution in [3.8, 4) is 0 Å². The minimum Gasteiger partial charge on any atom is -0.0616 e. The van der Waals surface area contributed by atoms with Crippen molar-refractivity contribution in [2.75, 3.05) is 0 Å². The van der Waals surface area contributed by atoms with Crippen molar-refractivity contribution in [2.45, 2.75) is 0 Å². The molecular weight excluding hydrogens is 182 g/mol. The van der Waals surface area contributed by atoms with E-state index < -0.39 is 0 Å². The molecule has 0 N–H and O–H groups in total. The molecule has 0 saturated heterocycles. The molecule has 0 atom stereocenters. The minimum absolute atomic E-state index is 0. The second-order valence-electron chi connectivity index (χ2n) is 3.55. The molecule has 0 unspecified atom stereocenters. The zero-order chi connectivity index (χ0) is 9.38. The molecule has 70 valence electrons. The molecule has 3 aromatic carbocycles. The van der Waals surface area contributed by atoms with Crippen LogP contribution in [0.1, 0.15) is 0 Å². The Balaban J connectivity index is 0.000000640. The van der Waals surface area contributed by atoms with Crippen molar-refractivity contribution < 1.29 is 0 Å². The number of rotatable bonds is 0. The van der Waals surface area contributed by atoms with E-state index in [1.54, 1.807) is 0 Å². The largest absolute Gasteiger partial charge is 0.0616 e. The maximum atomic E-state index is 2.24. The van der Waals surface area contributed by atoms with E-state index in [1.165, 1.54) is 21.5 Å². The quantitative estimate of drug-likeness (QED) is 0.381. The zero-order valence-electron chi connectivity index (χ0n) is 7.77. The Morgan fingerprint density at radius 1 is 0.438 bits per heavy atom. The SMILES string of the molecule is [LiH].[LiH].c1ccc2cc3ccccc3cc2c1. The fraction of sp³-hybridized carbons (Fsp3) is 0. The first-order valence-corrected chi connectivity index (χ1v) is 4.81. The molecule has 0 fully saturated rings. The van der Waals surface area contributed by atoms with Gasteiger partial charge in [-0.15, -0.1) is 0 Å². The van der Waals surface area contributed by atoms with Gasteiger partial charge in [-0.1, -0.05) is 48.5 Å². The van der Waals surface area contributed by atoms with E-state index in [9.17, 15) is 0 Å². The average molecular weight is 194 g/mol. The van der Waals surface area contributed by atoms with E-state index >= 15 is 0 Å². The third-order valence-electron chi connectivity index (χ3n) is 2.61. The van der Waals surface area contributed by atoms with Gasteiger partial charge in [0.05, 0.1) is 0 Å². The second-order valence-corrected chi connectivity index (χ2v) is 3.55. The van der Waals surface area contributed by atoms with Gasteiger partial charge in [-0.05, 0) is 33.7 Å². The third kappa shape index (κ3) is 2.37. The van der Waals surface area contributed by atoms with E-state index in [-0.39, 0.29) is 37.7 Å². The molecule has 0 aliphatic rings. The summed E-state index contributed by atoms with van der Waals surface area (Å²) in [6, 6.07) is 21.4. The van der Waals surface area contributed by atoms with E-state index in [2.05, 4.69) is 60.7 Å². The van der Waals surface area contributed by atoms with E-state index in [1.807, 2.05) is 0 Å².